The van der Waals surface area contributed by atoms with Gasteiger partial charge in [-0.2, -0.15) is 0 Å². The van der Waals surface area contributed by atoms with E-state index in [1.165, 1.54) is 16.9 Å². The standard InChI is InChI=1S/C21H20N6OS/c1-26-9-10-27(12-19(26)28)18-4-2-3-17(23-18)15-8-7-13-5-6-14(11-16(13)15)20-24-25-21(22)29-20/h2-6,8,11H,7,9-10,12H2,1H3,(H2,22,25). The van der Waals surface area contributed by atoms with Crippen molar-refractivity contribution in [2.24, 2.45) is 0 Å². The first-order chi connectivity index (χ1) is 14.1. The number of aromatic nitrogens is 3. The highest BCUT2D eigenvalue weighted by atomic mass is 32.1. The SMILES string of the molecule is CN1CCN(c2cccc(C3=CCc4ccc(-c5nnc(N)s5)cc43)n2)CC1=O. The third-order valence-electron chi connectivity index (χ3n) is 5.41. The molecule has 1 aromatic carbocycles. The van der Waals surface area contributed by atoms with Gasteiger partial charge in [0.2, 0.25) is 11.0 Å². The minimum Gasteiger partial charge on any atom is -0.374 e. The quantitative estimate of drug-likeness (QED) is 0.721. The highest BCUT2D eigenvalue weighted by Gasteiger charge is 2.23. The Labute approximate surface area is 172 Å². The smallest absolute Gasteiger partial charge is 0.241 e. The Morgan fingerprint density at radius 2 is 2.03 bits per heavy atom. The third-order valence-corrected chi connectivity index (χ3v) is 6.21. The fourth-order valence-corrected chi connectivity index (χ4v) is 4.36. The Balaban J connectivity index is 1.47. The number of benzene rings is 1. The number of rotatable bonds is 3. The van der Waals surface area contributed by atoms with Crippen LogP contribution in [0.4, 0.5) is 10.9 Å². The van der Waals surface area contributed by atoms with Gasteiger partial charge in [-0.25, -0.2) is 4.98 Å². The fraction of sp³-hybridized carbons (Fsp3) is 0.238. The summed E-state index contributed by atoms with van der Waals surface area (Å²) in [7, 11) is 1.84. The van der Waals surface area contributed by atoms with Crippen molar-refractivity contribution in [2.75, 3.05) is 37.3 Å². The van der Waals surface area contributed by atoms with E-state index in [4.69, 9.17) is 10.7 Å². The second-order valence-electron chi connectivity index (χ2n) is 7.26. The van der Waals surface area contributed by atoms with Gasteiger partial charge >= 0.3 is 0 Å². The third kappa shape index (κ3) is 3.25. The van der Waals surface area contributed by atoms with Crippen molar-refractivity contribution in [3.63, 3.8) is 0 Å². The lowest BCUT2D eigenvalue weighted by Crippen LogP contribution is -2.48. The van der Waals surface area contributed by atoms with Gasteiger partial charge in [0.05, 0.1) is 12.2 Å². The van der Waals surface area contributed by atoms with Crippen molar-refractivity contribution >= 4 is 33.8 Å². The summed E-state index contributed by atoms with van der Waals surface area (Å²) in [5, 5.41) is 9.36. The molecule has 7 nitrogen and oxygen atoms in total. The van der Waals surface area contributed by atoms with Crippen LogP contribution < -0.4 is 10.6 Å². The molecule has 0 unspecified atom stereocenters. The van der Waals surface area contributed by atoms with Gasteiger partial charge in [0.1, 0.15) is 10.8 Å². The number of carbonyl (C=O) groups excluding carboxylic acids is 1. The average molecular weight is 404 g/mol. The second-order valence-corrected chi connectivity index (χ2v) is 8.27. The van der Waals surface area contributed by atoms with Gasteiger partial charge in [0.25, 0.3) is 0 Å². The van der Waals surface area contributed by atoms with E-state index < -0.39 is 0 Å². The van der Waals surface area contributed by atoms with Crippen LogP contribution in [0, 0.1) is 0 Å². The zero-order chi connectivity index (χ0) is 20.0. The summed E-state index contributed by atoms with van der Waals surface area (Å²) in [4.78, 5) is 20.8. The maximum absolute atomic E-state index is 12.1. The van der Waals surface area contributed by atoms with E-state index in [-0.39, 0.29) is 5.91 Å². The molecular formula is C21H20N6OS. The van der Waals surface area contributed by atoms with E-state index in [0.717, 1.165) is 46.2 Å². The Morgan fingerprint density at radius 3 is 2.83 bits per heavy atom. The fourth-order valence-electron chi connectivity index (χ4n) is 3.76. The minimum absolute atomic E-state index is 0.120. The highest BCUT2D eigenvalue weighted by molar-refractivity contribution is 7.18. The Hall–Kier alpha value is -3.26. The Morgan fingerprint density at radius 1 is 1.14 bits per heavy atom. The number of pyridine rings is 1. The molecule has 146 valence electrons. The number of piperazine rings is 1. The number of carbonyl (C=O) groups is 1. The highest BCUT2D eigenvalue weighted by Crippen LogP contribution is 2.36. The number of fused-ring (bicyclic) bond motifs is 1. The molecule has 1 amide bonds. The summed E-state index contributed by atoms with van der Waals surface area (Å²) in [6, 6.07) is 12.3. The van der Waals surface area contributed by atoms with Gasteiger partial charge in [-0.1, -0.05) is 35.6 Å². The van der Waals surface area contributed by atoms with Crippen molar-refractivity contribution in [1.29, 1.82) is 0 Å². The molecule has 1 aliphatic heterocycles. The predicted molar refractivity (Wildman–Crippen MR) is 115 cm³/mol. The zero-order valence-electron chi connectivity index (χ0n) is 16.0. The molecule has 0 bridgehead atoms. The van der Waals surface area contributed by atoms with Crippen LogP contribution in [0.25, 0.3) is 16.1 Å². The lowest BCUT2D eigenvalue weighted by Gasteiger charge is -2.32. The maximum Gasteiger partial charge on any atom is 0.241 e. The molecule has 0 atom stereocenters. The van der Waals surface area contributed by atoms with Crippen molar-refractivity contribution in [3.05, 3.63) is 59.3 Å². The van der Waals surface area contributed by atoms with Crippen LogP contribution in [-0.2, 0) is 11.2 Å². The van der Waals surface area contributed by atoms with E-state index >= 15 is 0 Å². The lowest BCUT2D eigenvalue weighted by atomic mass is 10.00. The summed E-state index contributed by atoms with van der Waals surface area (Å²) < 4.78 is 0. The van der Waals surface area contributed by atoms with Gasteiger partial charge in [0.15, 0.2) is 0 Å². The van der Waals surface area contributed by atoms with Crippen LogP contribution >= 0.6 is 11.3 Å². The molecule has 0 radical (unpaired) electrons. The molecule has 29 heavy (non-hydrogen) atoms. The maximum atomic E-state index is 12.1. The number of nitrogens with zero attached hydrogens (tertiary/aromatic N) is 5. The van der Waals surface area contributed by atoms with Crippen molar-refractivity contribution in [3.8, 4) is 10.6 Å². The first-order valence-corrected chi connectivity index (χ1v) is 10.3. The predicted octanol–water partition coefficient (Wildman–Crippen LogP) is 2.45. The van der Waals surface area contributed by atoms with Crippen LogP contribution in [0.15, 0.2) is 42.5 Å². The monoisotopic (exact) mass is 404 g/mol. The number of likely N-dealkylation sites (N-methyl/N-ethyl adjacent to an activating group) is 1. The van der Waals surface area contributed by atoms with Gasteiger partial charge in [0, 0.05) is 31.3 Å². The summed E-state index contributed by atoms with van der Waals surface area (Å²) in [5.41, 5.74) is 11.2. The van der Waals surface area contributed by atoms with Gasteiger partial charge in [-0.3, -0.25) is 4.79 Å². The van der Waals surface area contributed by atoms with E-state index in [1.807, 2.05) is 30.1 Å². The average Bonchev–Trinajstić information content (AvgIpc) is 3.36. The van der Waals surface area contributed by atoms with Crippen molar-refractivity contribution in [2.45, 2.75) is 6.42 Å². The summed E-state index contributed by atoms with van der Waals surface area (Å²) in [6.45, 7) is 1.87. The molecule has 2 N–H and O–H groups in total. The molecular weight excluding hydrogens is 384 g/mol. The van der Waals surface area contributed by atoms with Crippen LogP contribution in [-0.4, -0.2) is 52.7 Å². The van der Waals surface area contributed by atoms with E-state index in [1.54, 1.807) is 4.90 Å². The number of allylic oxidation sites excluding steroid dienone is 1. The molecule has 2 aliphatic rings. The van der Waals surface area contributed by atoms with Gasteiger partial charge < -0.3 is 15.5 Å². The second kappa shape index (κ2) is 6.97. The minimum atomic E-state index is 0.120. The molecule has 1 fully saturated rings. The largest absolute Gasteiger partial charge is 0.374 e. The Bertz CT molecular complexity index is 1140. The van der Waals surface area contributed by atoms with Gasteiger partial charge in [-0.05, 0) is 35.7 Å². The number of amides is 1. The molecule has 3 heterocycles. The first-order valence-electron chi connectivity index (χ1n) is 9.47. The number of anilines is 2. The summed E-state index contributed by atoms with van der Waals surface area (Å²) in [6.07, 6.45) is 3.09. The van der Waals surface area contributed by atoms with Crippen LogP contribution in [0.1, 0.15) is 16.8 Å². The van der Waals surface area contributed by atoms with Crippen molar-refractivity contribution in [1.82, 2.24) is 20.1 Å². The molecule has 8 heteroatoms. The molecule has 0 saturated carbocycles. The van der Waals surface area contributed by atoms with E-state index in [2.05, 4.69) is 34.5 Å². The lowest BCUT2D eigenvalue weighted by molar-refractivity contribution is -0.129. The zero-order valence-corrected chi connectivity index (χ0v) is 16.8. The molecule has 3 aromatic rings. The summed E-state index contributed by atoms with van der Waals surface area (Å²) >= 11 is 1.38. The number of nitrogen functional groups attached to an aromatic ring is 1. The number of hydrogen-bond acceptors (Lipinski definition) is 7. The van der Waals surface area contributed by atoms with Gasteiger partial charge in [-0.15, -0.1) is 10.2 Å². The van der Waals surface area contributed by atoms with E-state index in [0.29, 0.717) is 18.2 Å². The molecule has 0 spiro atoms. The molecule has 1 saturated heterocycles. The molecule has 1 aliphatic carbocycles. The molecule has 2 aromatic heterocycles. The topological polar surface area (TPSA) is 88.2 Å². The Kier molecular flexibility index (Phi) is 4.28. The van der Waals surface area contributed by atoms with Crippen LogP contribution in [0.3, 0.4) is 0 Å². The summed E-state index contributed by atoms with van der Waals surface area (Å²) in [5.74, 6) is 0.959. The number of hydrogen-bond donors (Lipinski definition) is 1. The first kappa shape index (κ1) is 17.8. The van der Waals surface area contributed by atoms with Crippen LogP contribution in [0.2, 0.25) is 0 Å². The van der Waals surface area contributed by atoms with E-state index in [9.17, 15) is 4.79 Å². The normalized spacial score (nSPS) is 16.2. The molecule has 5 rings (SSSR count). The number of nitrogens with two attached hydrogens (primary N) is 1. The van der Waals surface area contributed by atoms with Crippen LogP contribution in [0.5, 0.6) is 0 Å². The van der Waals surface area contributed by atoms with Crippen molar-refractivity contribution < 1.29 is 4.79 Å².